The number of carbonyl (C=O) groups excluding carboxylic acids is 1. The second kappa shape index (κ2) is 8.36. The largest absolute Gasteiger partial charge is 0.480 e. The second-order valence-corrected chi connectivity index (χ2v) is 11.3. The van der Waals surface area contributed by atoms with Gasteiger partial charge in [-0.1, -0.05) is 23.7 Å². The Bertz CT molecular complexity index is 1210. The highest BCUT2D eigenvalue weighted by Gasteiger charge is 2.55. The van der Waals surface area contributed by atoms with E-state index in [2.05, 4.69) is 26.2 Å². The fraction of sp³-hybridized carbons (Fsp3) is 0.350. The maximum Gasteiger partial charge on any atom is 0.326 e. The third-order valence-corrected chi connectivity index (χ3v) is 8.98. The lowest BCUT2D eigenvalue weighted by Crippen LogP contribution is -2.66. The monoisotopic (exact) mass is 545 g/mol. The summed E-state index contributed by atoms with van der Waals surface area (Å²) in [6.45, 7) is -0.229. The summed E-state index contributed by atoms with van der Waals surface area (Å²) in [6.07, 6.45) is 1.06. The average molecular weight is 547 g/mol. The summed E-state index contributed by atoms with van der Waals surface area (Å²) in [4.78, 5) is 30.5. The SMILES string of the molecule is O=C(O)C1CC(S(=O)(=O)c2ccccc2Cl)CN1C(=O)C1(c2ncc(Br)cc2F)CNC1. The number of hydrogen-bond donors (Lipinski definition) is 2. The number of nitrogens with zero attached hydrogens (tertiary/aromatic N) is 2. The molecule has 0 spiro atoms. The predicted molar refractivity (Wildman–Crippen MR) is 117 cm³/mol. The van der Waals surface area contributed by atoms with E-state index in [1.165, 1.54) is 30.5 Å². The van der Waals surface area contributed by atoms with Crippen molar-refractivity contribution in [3.8, 4) is 0 Å². The molecule has 3 heterocycles. The first-order chi connectivity index (χ1) is 15.1. The Labute approximate surface area is 196 Å². The van der Waals surface area contributed by atoms with Crippen LogP contribution in [-0.2, 0) is 24.8 Å². The van der Waals surface area contributed by atoms with Crippen LogP contribution in [0.25, 0.3) is 0 Å². The number of aromatic nitrogens is 1. The van der Waals surface area contributed by atoms with Crippen LogP contribution in [0.5, 0.6) is 0 Å². The minimum absolute atomic E-state index is 0.0185. The summed E-state index contributed by atoms with van der Waals surface area (Å²) in [6, 6.07) is 5.68. The number of carboxylic acid groups (broad SMARTS) is 1. The first kappa shape index (κ1) is 23.1. The van der Waals surface area contributed by atoms with Gasteiger partial charge in [0.15, 0.2) is 9.84 Å². The molecule has 4 rings (SSSR count). The lowest BCUT2D eigenvalue weighted by Gasteiger charge is -2.43. The van der Waals surface area contributed by atoms with Crippen molar-refractivity contribution in [2.45, 2.75) is 28.0 Å². The van der Waals surface area contributed by atoms with Crippen LogP contribution in [0.4, 0.5) is 4.39 Å². The van der Waals surface area contributed by atoms with Gasteiger partial charge in [-0.3, -0.25) is 9.78 Å². The number of pyridine rings is 1. The molecule has 12 heteroatoms. The quantitative estimate of drug-likeness (QED) is 0.589. The third kappa shape index (κ3) is 3.70. The van der Waals surface area contributed by atoms with E-state index in [4.69, 9.17) is 11.6 Å². The van der Waals surface area contributed by atoms with Crippen LogP contribution < -0.4 is 5.32 Å². The molecule has 0 saturated carbocycles. The van der Waals surface area contributed by atoms with Crippen molar-refractivity contribution in [1.82, 2.24) is 15.2 Å². The maximum absolute atomic E-state index is 14.7. The normalized spacial score (nSPS) is 22.4. The molecule has 2 unspecified atom stereocenters. The Balaban J connectivity index is 1.70. The molecule has 170 valence electrons. The molecule has 0 radical (unpaired) electrons. The van der Waals surface area contributed by atoms with Gasteiger partial charge in [0.25, 0.3) is 0 Å². The summed E-state index contributed by atoms with van der Waals surface area (Å²) in [5.41, 5.74) is -1.52. The van der Waals surface area contributed by atoms with E-state index >= 15 is 0 Å². The standard InChI is InChI=1S/C20H18BrClFN3O5S/c21-11-5-14(23)17(25-7-11)20(9-24-10-20)19(29)26-8-12(6-15(26)18(27)28)32(30,31)16-4-2-1-3-13(16)22/h1-5,7,12,15,24H,6,8-10H2,(H,27,28). The fourth-order valence-electron chi connectivity index (χ4n) is 4.17. The van der Waals surface area contributed by atoms with Crippen molar-refractivity contribution >= 4 is 49.2 Å². The molecule has 1 aromatic heterocycles. The highest BCUT2D eigenvalue weighted by atomic mass is 79.9. The van der Waals surface area contributed by atoms with Crippen LogP contribution in [-0.4, -0.2) is 66.2 Å². The number of amides is 1. The van der Waals surface area contributed by atoms with E-state index in [1.807, 2.05) is 0 Å². The smallest absolute Gasteiger partial charge is 0.326 e. The summed E-state index contributed by atoms with van der Waals surface area (Å²) < 4.78 is 41.4. The van der Waals surface area contributed by atoms with Crippen LogP contribution in [0, 0.1) is 5.82 Å². The van der Waals surface area contributed by atoms with Crippen molar-refractivity contribution in [2.75, 3.05) is 19.6 Å². The number of likely N-dealkylation sites (tertiary alicyclic amines) is 1. The lowest BCUT2D eigenvalue weighted by molar-refractivity contribution is -0.152. The minimum atomic E-state index is -4.02. The molecule has 2 saturated heterocycles. The zero-order valence-electron chi connectivity index (χ0n) is 16.5. The summed E-state index contributed by atoms with van der Waals surface area (Å²) in [7, 11) is -4.02. The van der Waals surface area contributed by atoms with Gasteiger partial charge in [-0.15, -0.1) is 0 Å². The van der Waals surface area contributed by atoms with Gasteiger partial charge in [0, 0.05) is 30.3 Å². The Morgan fingerprint density at radius 3 is 2.56 bits per heavy atom. The lowest BCUT2D eigenvalue weighted by atomic mass is 9.76. The topological polar surface area (TPSA) is 117 Å². The van der Waals surface area contributed by atoms with Gasteiger partial charge in [-0.2, -0.15) is 0 Å². The van der Waals surface area contributed by atoms with Gasteiger partial charge in [-0.05, 0) is 40.5 Å². The third-order valence-electron chi connectivity index (χ3n) is 5.91. The van der Waals surface area contributed by atoms with E-state index in [-0.39, 0.29) is 41.7 Å². The molecule has 2 aromatic rings. The van der Waals surface area contributed by atoms with Crippen LogP contribution in [0.1, 0.15) is 12.1 Å². The number of aliphatic carboxylic acids is 1. The van der Waals surface area contributed by atoms with Crippen molar-refractivity contribution in [3.05, 3.63) is 57.5 Å². The molecule has 8 nitrogen and oxygen atoms in total. The zero-order valence-corrected chi connectivity index (χ0v) is 19.6. The van der Waals surface area contributed by atoms with Crippen molar-refractivity contribution in [2.24, 2.45) is 0 Å². The molecule has 2 aliphatic heterocycles. The second-order valence-electron chi connectivity index (χ2n) is 7.81. The number of hydrogen-bond acceptors (Lipinski definition) is 6. The molecule has 1 amide bonds. The Morgan fingerprint density at radius 2 is 2.00 bits per heavy atom. The first-order valence-electron chi connectivity index (χ1n) is 9.62. The van der Waals surface area contributed by atoms with Crippen LogP contribution >= 0.6 is 27.5 Å². The molecule has 2 atom stereocenters. The Morgan fingerprint density at radius 1 is 1.31 bits per heavy atom. The summed E-state index contributed by atoms with van der Waals surface area (Å²) in [5.74, 6) is -2.71. The predicted octanol–water partition coefficient (Wildman–Crippen LogP) is 2.01. The van der Waals surface area contributed by atoms with Crippen molar-refractivity contribution in [3.63, 3.8) is 0 Å². The van der Waals surface area contributed by atoms with Gasteiger partial charge in [0.1, 0.15) is 17.3 Å². The zero-order chi connectivity index (χ0) is 23.3. The maximum atomic E-state index is 14.7. The minimum Gasteiger partial charge on any atom is -0.480 e. The molecular formula is C20H18BrClFN3O5S. The van der Waals surface area contributed by atoms with Crippen LogP contribution in [0.3, 0.4) is 0 Å². The number of nitrogens with one attached hydrogen (secondary N) is 1. The fourth-order valence-corrected chi connectivity index (χ4v) is 6.69. The van der Waals surface area contributed by atoms with Crippen LogP contribution in [0.2, 0.25) is 5.02 Å². The molecule has 1 aromatic carbocycles. The van der Waals surface area contributed by atoms with Crippen molar-refractivity contribution in [1.29, 1.82) is 0 Å². The number of sulfone groups is 1. The molecule has 0 aliphatic carbocycles. The van der Waals surface area contributed by atoms with E-state index in [0.29, 0.717) is 4.47 Å². The van der Waals surface area contributed by atoms with Gasteiger partial charge in [-0.25, -0.2) is 17.6 Å². The number of carbonyl (C=O) groups is 2. The highest BCUT2D eigenvalue weighted by molar-refractivity contribution is 9.10. The molecule has 2 N–H and O–H groups in total. The molecular weight excluding hydrogens is 529 g/mol. The number of carboxylic acids is 1. The van der Waals surface area contributed by atoms with Gasteiger partial charge in [0.05, 0.1) is 20.9 Å². The highest BCUT2D eigenvalue weighted by Crippen LogP contribution is 2.37. The molecule has 32 heavy (non-hydrogen) atoms. The van der Waals surface area contributed by atoms with Gasteiger partial charge >= 0.3 is 5.97 Å². The van der Waals surface area contributed by atoms with E-state index in [1.54, 1.807) is 6.07 Å². The Kier molecular flexibility index (Phi) is 6.03. The van der Waals surface area contributed by atoms with E-state index in [9.17, 15) is 27.5 Å². The van der Waals surface area contributed by atoms with Gasteiger partial charge in [0.2, 0.25) is 5.91 Å². The van der Waals surface area contributed by atoms with E-state index in [0.717, 1.165) is 4.90 Å². The first-order valence-corrected chi connectivity index (χ1v) is 12.3. The summed E-state index contributed by atoms with van der Waals surface area (Å²) in [5, 5.41) is 11.5. The molecule has 2 fully saturated rings. The van der Waals surface area contributed by atoms with Gasteiger partial charge < -0.3 is 15.3 Å². The average Bonchev–Trinajstić information content (AvgIpc) is 3.15. The number of halogens is 3. The van der Waals surface area contributed by atoms with Crippen LogP contribution in [0.15, 0.2) is 45.9 Å². The molecule has 2 aliphatic rings. The summed E-state index contributed by atoms with van der Waals surface area (Å²) >= 11 is 9.19. The van der Waals surface area contributed by atoms with Crippen molar-refractivity contribution < 1.29 is 27.5 Å². The van der Waals surface area contributed by atoms with E-state index < -0.39 is 44.2 Å². The Hall–Kier alpha value is -2.08. The number of benzene rings is 1. The molecule has 0 bridgehead atoms. The number of rotatable bonds is 5.